The standard InChI is InChI=1S/C17H26N2O3S/c1-4-16(13-7-9-15(10-8-13)23(3,21)22)18-17(20)14-6-5-11-19(2)12-14/h7-10,14,16H,4-6,11-12H2,1-3H3,(H,18,20)/t14-,16-/m1/s1. The molecule has 2 atom stereocenters. The topological polar surface area (TPSA) is 66.5 Å². The summed E-state index contributed by atoms with van der Waals surface area (Å²) in [5.41, 5.74) is 0.942. The molecule has 6 heteroatoms. The van der Waals surface area contributed by atoms with Gasteiger partial charge in [-0.05, 0) is 50.6 Å². The third kappa shape index (κ3) is 4.78. The molecular weight excluding hydrogens is 312 g/mol. The van der Waals surface area contributed by atoms with Crippen molar-refractivity contribution in [3.8, 4) is 0 Å². The van der Waals surface area contributed by atoms with Crippen LogP contribution in [0.3, 0.4) is 0 Å². The summed E-state index contributed by atoms with van der Waals surface area (Å²) in [5.74, 6) is 0.133. The van der Waals surface area contributed by atoms with E-state index in [2.05, 4.69) is 10.2 Å². The molecule has 0 aliphatic carbocycles. The van der Waals surface area contributed by atoms with Gasteiger partial charge in [-0.2, -0.15) is 0 Å². The van der Waals surface area contributed by atoms with Crippen LogP contribution in [-0.2, 0) is 14.6 Å². The van der Waals surface area contributed by atoms with Crippen molar-refractivity contribution in [1.29, 1.82) is 0 Å². The molecule has 0 spiro atoms. The maximum absolute atomic E-state index is 12.5. The Hall–Kier alpha value is -1.40. The van der Waals surface area contributed by atoms with Gasteiger partial charge >= 0.3 is 0 Å². The summed E-state index contributed by atoms with van der Waals surface area (Å²) in [6.07, 6.45) is 3.95. The molecule has 5 nitrogen and oxygen atoms in total. The Labute approximate surface area is 139 Å². The molecule has 1 heterocycles. The Morgan fingerprint density at radius 1 is 1.35 bits per heavy atom. The first kappa shape index (κ1) is 17.9. The van der Waals surface area contributed by atoms with Gasteiger partial charge in [-0.1, -0.05) is 19.1 Å². The van der Waals surface area contributed by atoms with E-state index in [0.717, 1.165) is 37.9 Å². The number of sulfone groups is 1. The summed E-state index contributed by atoms with van der Waals surface area (Å²) in [4.78, 5) is 15.0. The third-order valence-corrected chi connectivity index (χ3v) is 5.56. The van der Waals surface area contributed by atoms with Gasteiger partial charge in [0.25, 0.3) is 0 Å². The van der Waals surface area contributed by atoms with Gasteiger partial charge in [-0.25, -0.2) is 8.42 Å². The lowest BCUT2D eigenvalue weighted by molar-refractivity contribution is -0.127. The van der Waals surface area contributed by atoms with Gasteiger partial charge < -0.3 is 10.2 Å². The van der Waals surface area contributed by atoms with E-state index < -0.39 is 9.84 Å². The molecule has 1 aromatic carbocycles. The van der Waals surface area contributed by atoms with Gasteiger partial charge in [0.2, 0.25) is 5.91 Å². The molecule has 1 aliphatic rings. The highest BCUT2D eigenvalue weighted by molar-refractivity contribution is 7.90. The maximum Gasteiger partial charge on any atom is 0.224 e. The number of likely N-dealkylation sites (tertiary alicyclic amines) is 1. The van der Waals surface area contributed by atoms with E-state index in [1.165, 1.54) is 6.26 Å². The van der Waals surface area contributed by atoms with E-state index in [9.17, 15) is 13.2 Å². The first-order chi connectivity index (χ1) is 10.8. The molecule has 1 amide bonds. The second-order valence-electron chi connectivity index (χ2n) is 6.41. The molecule has 1 fully saturated rings. The van der Waals surface area contributed by atoms with Crippen molar-refractivity contribution in [2.24, 2.45) is 5.92 Å². The molecule has 0 aromatic heterocycles. The second kappa shape index (κ2) is 7.45. The van der Waals surface area contributed by atoms with Crippen LogP contribution in [0.5, 0.6) is 0 Å². The van der Waals surface area contributed by atoms with Crippen molar-refractivity contribution in [3.05, 3.63) is 29.8 Å². The fourth-order valence-corrected chi connectivity index (χ4v) is 3.67. The van der Waals surface area contributed by atoms with Gasteiger partial charge in [-0.3, -0.25) is 4.79 Å². The summed E-state index contributed by atoms with van der Waals surface area (Å²) >= 11 is 0. The normalized spacial score (nSPS) is 20.9. The lowest BCUT2D eigenvalue weighted by Crippen LogP contribution is -2.42. The number of benzene rings is 1. The summed E-state index contributed by atoms with van der Waals surface area (Å²) in [6, 6.07) is 6.71. The molecule has 0 bridgehead atoms. The quantitative estimate of drug-likeness (QED) is 0.892. The minimum absolute atomic E-state index is 0.0399. The van der Waals surface area contributed by atoms with Crippen LogP contribution in [0.2, 0.25) is 0 Å². The van der Waals surface area contributed by atoms with Crippen molar-refractivity contribution < 1.29 is 13.2 Å². The van der Waals surface area contributed by atoms with E-state index in [1.54, 1.807) is 24.3 Å². The molecule has 128 valence electrons. The monoisotopic (exact) mass is 338 g/mol. The number of carbonyl (C=O) groups excluding carboxylic acids is 1. The SMILES string of the molecule is CC[C@@H](NC(=O)[C@@H]1CCCN(C)C1)c1ccc(S(C)(=O)=O)cc1. The Morgan fingerprint density at radius 2 is 2.00 bits per heavy atom. The zero-order chi connectivity index (χ0) is 17.0. The van der Waals surface area contributed by atoms with Crippen LogP contribution in [0.25, 0.3) is 0 Å². The molecule has 1 aromatic rings. The maximum atomic E-state index is 12.5. The third-order valence-electron chi connectivity index (χ3n) is 4.43. The summed E-state index contributed by atoms with van der Waals surface area (Å²) in [7, 11) is -1.15. The Kier molecular flexibility index (Phi) is 5.81. The summed E-state index contributed by atoms with van der Waals surface area (Å²) in [5, 5.41) is 3.12. The van der Waals surface area contributed by atoms with Gasteiger partial charge in [0.1, 0.15) is 0 Å². The van der Waals surface area contributed by atoms with Crippen molar-refractivity contribution in [1.82, 2.24) is 10.2 Å². The van der Waals surface area contributed by atoms with Crippen LogP contribution >= 0.6 is 0 Å². The van der Waals surface area contributed by atoms with E-state index in [0.29, 0.717) is 4.90 Å². The number of hydrogen-bond donors (Lipinski definition) is 1. The predicted molar refractivity (Wildman–Crippen MR) is 90.9 cm³/mol. The first-order valence-electron chi connectivity index (χ1n) is 8.10. The Balaban J connectivity index is 2.06. The minimum atomic E-state index is -3.19. The highest BCUT2D eigenvalue weighted by Gasteiger charge is 2.25. The zero-order valence-electron chi connectivity index (χ0n) is 14.1. The first-order valence-corrected chi connectivity index (χ1v) is 9.99. The fraction of sp³-hybridized carbons (Fsp3) is 0.588. The largest absolute Gasteiger partial charge is 0.349 e. The predicted octanol–water partition coefficient (Wildman–Crippen LogP) is 2.00. The lowest BCUT2D eigenvalue weighted by atomic mass is 9.96. The summed E-state index contributed by atoms with van der Waals surface area (Å²) in [6.45, 7) is 3.87. The number of amides is 1. The van der Waals surface area contributed by atoms with E-state index in [1.807, 2.05) is 14.0 Å². The van der Waals surface area contributed by atoms with Crippen LogP contribution in [0.1, 0.15) is 37.8 Å². The Bertz CT molecular complexity index is 640. The highest BCUT2D eigenvalue weighted by Crippen LogP contribution is 2.21. The Morgan fingerprint density at radius 3 is 2.52 bits per heavy atom. The molecule has 0 saturated carbocycles. The van der Waals surface area contributed by atoms with Gasteiger partial charge in [0.15, 0.2) is 9.84 Å². The summed E-state index contributed by atoms with van der Waals surface area (Å²) < 4.78 is 23.0. The number of carbonyl (C=O) groups is 1. The number of hydrogen-bond acceptors (Lipinski definition) is 4. The highest BCUT2D eigenvalue weighted by atomic mass is 32.2. The van der Waals surface area contributed by atoms with Crippen molar-refractivity contribution in [3.63, 3.8) is 0 Å². The molecule has 1 aliphatic heterocycles. The van der Waals surface area contributed by atoms with E-state index >= 15 is 0 Å². The smallest absolute Gasteiger partial charge is 0.224 e. The molecule has 2 rings (SSSR count). The van der Waals surface area contributed by atoms with Gasteiger partial charge in [0.05, 0.1) is 16.9 Å². The lowest BCUT2D eigenvalue weighted by Gasteiger charge is -2.30. The van der Waals surface area contributed by atoms with Gasteiger partial charge in [0, 0.05) is 12.8 Å². The molecule has 23 heavy (non-hydrogen) atoms. The second-order valence-corrected chi connectivity index (χ2v) is 8.43. The average Bonchev–Trinajstić information content (AvgIpc) is 2.51. The minimum Gasteiger partial charge on any atom is -0.349 e. The zero-order valence-corrected chi connectivity index (χ0v) is 14.9. The van der Waals surface area contributed by atoms with Crippen molar-refractivity contribution >= 4 is 15.7 Å². The van der Waals surface area contributed by atoms with Crippen molar-refractivity contribution in [2.75, 3.05) is 26.4 Å². The van der Waals surface area contributed by atoms with Crippen LogP contribution in [0.15, 0.2) is 29.2 Å². The number of nitrogens with zero attached hydrogens (tertiary/aromatic N) is 1. The fourth-order valence-electron chi connectivity index (χ4n) is 3.04. The van der Waals surface area contributed by atoms with E-state index in [4.69, 9.17) is 0 Å². The van der Waals surface area contributed by atoms with Crippen LogP contribution < -0.4 is 5.32 Å². The molecule has 1 saturated heterocycles. The molecule has 0 unspecified atom stereocenters. The van der Waals surface area contributed by atoms with E-state index in [-0.39, 0.29) is 17.9 Å². The number of nitrogens with one attached hydrogen (secondary N) is 1. The van der Waals surface area contributed by atoms with Crippen LogP contribution in [-0.4, -0.2) is 45.6 Å². The van der Waals surface area contributed by atoms with Crippen molar-refractivity contribution in [2.45, 2.75) is 37.1 Å². The molecule has 1 N–H and O–H groups in total. The number of rotatable bonds is 5. The molecule has 0 radical (unpaired) electrons. The van der Waals surface area contributed by atoms with Crippen LogP contribution in [0, 0.1) is 5.92 Å². The molecular formula is C17H26N2O3S. The number of piperidine rings is 1. The average molecular weight is 338 g/mol. The van der Waals surface area contributed by atoms with Gasteiger partial charge in [-0.15, -0.1) is 0 Å². The van der Waals surface area contributed by atoms with Crippen LogP contribution in [0.4, 0.5) is 0 Å².